The van der Waals surface area contributed by atoms with E-state index in [2.05, 4.69) is 0 Å². The number of aliphatic carboxylic acids is 1. The van der Waals surface area contributed by atoms with Gasteiger partial charge in [-0.1, -0.05) is 18.2 Å². The second-order valence-corrected chi connectivity index (χ2v) is 5.98. The summed E-state index contributed by atoms with van der Waals surface area (Å²) >= 11 is 0. The van der Waals surface area contributed by atoms with Crippen molar-refractivity contribution in [1.82, 2.24) is 0 Å². The van der Waals surface area contributed by atoms with Crippen molar-refractivity contribution < 1.29 is 24.5 Å². The topological polar surface area (TPSA) is 87.1 Å². The fourth-order valence-electron chi connectivity index (χ4n) is 2.34. The lowest BCUT2D eigenvalue weighted by atomic mass is 10.0. The maximum atomic E-state index is 12.2. The first-order valence-electron chi connectivity index (χ1n) is 6.74. The quantitative estimate of drug-likeness (QED) is 0.872. The number of hydrogen-bond donors (Lipinski definition) is 2. The molecule has 2 rings (SSSR count). The van der Waals surface area contributed by atoms with E-state index in [1.165, 1.54) is 11.0 Å². The highest BCUT2D eigenvalue weighted by atomic mass is 16.6. The average Bonchev–Trinajstić information content (AvgIpc) is 2.79. The Morgan fingerprint density at radius 1 is 1.33 bits per heavy atom. The van der Waals surface area contributed by atoms with Crippen LogP contribution in [0, 0.1) is 0 Å². The van der Waals surface area contributed by atoms with Crippen LogP contribution in [0.3, 0.4) is 0 Å². The molecule has 0 fully saturated rings. The van der Waals surface area contributed by atoms with Crippen LogP contribution in [0.25, 0.3) is 0 Å². The zero-order valence-electron chi connectivity index (χ0n) is 12.3. The molecular weight excluding hydrogens is 274 g/mol. The summed E-state index contributed by atoms with van der Waals surface area (Å²) in [5, 5.41) is 18.8. The molecule has 21 heavy (non-hydrogen) atoms. The smallest absolute Gasteiger partial charge is 0.414 e. The van der Waals surface area contributed by atoms with Crippen LogP contribution < -0.4 is 4.90 Å². The minimum atomic E-state index is -1.66. The number of aliphatic hydroxyl groups is 1. The van der Waals surface area contributed by atoms with Crippen LogP contribution in [0.2, 0.25) is 0 Å². The van der Waals surface area contributed by atoms with Crippen LogP contribution in [0.5, 0.6) is 0 Å². The molecule has 1 aliphatic rings. The molecule has 2 N–H and O–H groups in total. The normalized spacial score (nSPS) is 15.5. The summed E-state index contributed by atoms with van der Waals surface area (Å²) in [5.41, 5.74) is 0.851. The molecule has 0 saturated carbocycles. The monoisotopic (exact) mass is 293 g/mol. The molecule has 114 valence electrons. The zero-order valence-corrected chi connectivity index (χ0v) is 12.3. The van der Waals surface area contributed by atoms with Crippen LogP contribution in [0.15, 0.2) is 18.2 Å². The van der Waals surface area contributed by atoms with E-state index in [4.69, 9.17) is 9.84 Å². The molecule has 1 heterocycles. The number of carbonyl (C=O) groups is 2. The lowest BCUT2D eigenvalue weighted by Gasteiger charge is -2.26. The predicted octanol–water partition coefficient (Wildman–Crippen LogP) is 2.10. The Labute approximate surface area is 122 Å². The SMILES string of the molecule is CC(C)(C)OC(=O)N1CCc2cccc(C(O)C(=O)O)c21. The molecule has 6 nitrogen and oxygen atoms in total. The highest BCUT2D eigenvalue weighted by Crippen LogP contribution is 2.36. The molecule has 0 radical (unpaired) electrons. The Bertz CT molecular complexity index is 576. The van der Waals surface area contributed by atoms with Crippen molar-refractivity contribution in [2.75, 3.05) is 11.4 Å². The number of nitrogens with zero attached hydrogens (tertiary/aromatic N) is 1. The lowest BCUT2D eigenvalue weighted by molar-refractivity contribution is -0.146. The first kappa shape index (κ1) is 15.3. The summed E-state index contributed by atoms with van der Waals surface area (Å²) in [5.74, 6) is -1.35. The van der Waals surface area contributed by atoms with E-state index >= 15 is 0 Å². The van der Waals surface area contributed by atoms with Gasteiger partial charge in [0, 0.05) is 12.1 Å². The Balaban J connectivity index is 2.38. The van der Waals surface area contributed by atoms with E-state index in [9.17, 15) is 14.7 Å². The number of anilines is 1. The number of benzene rings is 1. The van der Waals surface area contributed by atoms with Crippen molar-refractivity contribution in [3.05, 3.63) is 29.3 Å². The third kappa shape index (κ3) is 3.16. The van der Waals surface area contributed by atoms with Crippen molar-refractivity contribution >= 4 is 17.7 Å². The number of carboxylic acid groups (broad SMARTS) is 1. The predicted molar refractivity (Wildman–Crippen MR) is 76.3 cm³/mol. The number of carbonyl (C=O) groups excluding carboxylic acids is 1. The van der Waals surface area contributed by atoms with E-state index in [-0.39, 0.29) is 5.56 Å². The summed E-state index contributed by atoms with van der Waals surface area (Å²) in [4.78, 5) is 24.7. The van der Waals surface area contributed by atoms with Gasteiger partial charge in [-0.25, -0.2) is 9.59 Å². The van der Waals surface area contributed by atoms with Gasteiger partial charge in [0.1, 0.15) is 5.60 Å². The van der Waals surface area contributed by atoms with Gasteiger partial charge >= 0.3 is 12.1 Å². The van der Waals surface area contributed by atoms with Gasteiger partial charge in [0.05, 0.1) is 5.69 Å². The first-order valence-corrected chi connectivity index (χ1v) is 6.74. The second kappa shape index (κ2) is 5.37. The average molecular weight is 293 g/mol. The molecule has 0 bridgehead atoms. The summed E-state index contributed by atoms with van der Waals surface area (Å²) in [6.45, 7) is 5.70. The molecule has 6 heteroatoms. The molecule has 0 aliphatic carbocycles. The third-order valence-electron chi connectivity index (χ3n) is 3.17. The Kier molecular flexibility index (Phi) is 3.91. The second-order valence-electron chi connectivity index (χ2n) is 5.98. The van der Waals surface area contributed by atoms with E-state index in [1.807, 2.05) is 6.07 Å². The molecule has 1 aromatic rings. The number of para-hydroxylation sites is 1. The van der Waals surface area contributed by atoms with Crippen LogP contribution in [0.1, 0.15) is 38.0 Å². The van der Waals surface area contributed by atoms with E-state index in [0.717, 1.165) is 5.56 Å². The number of aliphatic hydroxyl groups excluding tert-OH is 1. The van der Waals surface area contributed by atoms with Crippen molar-refractivity contribution in [2.24, 2.45) is 0 Å². The summed E-state index contributed by atoms with van der Waals surface area (Å²) in [6.07, 6.45) is -1.59. The Morgan fingerprint density at radius 3 is 2.57 bits per heavy atom. The van der Waals surface area contributed by atoms with Gasteiger partial charge in [0.25, 0.3) is 0 Å². The van der Waals surface area contributed by atoms with E-state index in [1.54, 1.807) is 26.8 Å². The number of amides is 1. The van der Waals surface area contributed by atoms with Crippen molar-refractivity contribution in [1.29, 1.82) is 0 Å². The number of fused-ring (bicyclic) bond motifs is 1. The number of ether oxygens (including phenoxy) is 1. The summed E-state index contributed by atoms with van der Waals surface area (Å²) in [7, 11) is 0. The van der Waals surface area contributed by atoms with Crippen molar-refractivity contribution in [3.8, 4) is 0 Å². The van der Waals surface area contributed by atoms with Gasteiger partial charge in [0.15, 0.2) is 6.10 Å². The van der Waals surface area contributed by atoms with Crippen LogP contribution in [0.4, 0.5) is 10.5 Å². The molecule has 1 atom stereocenters. The first-order chi connectivity index (χ1) is 9.70. The molecular formula is C15H19NO5. The number of carboxylic acids is 1. The van der Waals surface area contributed by atoms with Crippen LogP contribution in [-0.2, 0) is 16.0 Å². The number of hydrogen-bond acceptors (Lipinski definition) is 4. The van der Waals surface area contributed by atoms with Gasteiger partial charge in [-0.2, -0.15) is 0 Å². The molecule has 1 unspecified atom stereocenters. The molecule has 1 aromatic carbocycles. The van der Waals surface area contributed by atoms with Gasteiger partial charge < -0.3 is 14.9 Å². The van der Waals surface area contributed by atoms with Gasteiger partial charge in [-0.3, -0.25) is 4.90 Å². The molecule has 0 saturated heterocycles. The zero-order chi connectivity index (χ0) is 15.8. The van der Waals surface area contributed by atoms with Crippen molar-refractivity contribution in [3.63, 3.8) is 0 Å². The van der Waals surface area contributed by atoms with Gasteiger partial charge in [-0.15, -0.1) is 0 Å². The third-order valence-corrected chi connectivity index (χ3v) is 3.17. The van der Waals surface area contributed by atoms with Crippen LogP contribution >= 0.6 is 0 Å². The maximum absolute atomic E-state index is 12.2. The summed E-state index contributed by atoms with van der Waals surface area (Å²) in [6, 6.07) is 5.01. The van der Waals surface area contributed by atoms with Gasteiger partial charge in [-0.05, 0) is 32.8 Å². The van der Waals surface area contributed by atoms with Gasteiger partial charge in [0.2, 0.25) is 0 Å². The largest absolute Gasteiger partial charge is 0.479 e. The minimum Gasteiger partial charge on any atom is -0.479 e. The van der Waals surface area contributed by atoms with Crippen molar-refractivity contribution in [2.45, 2.75) is 38.9 Å². The number of rotatable bonds is 2. The van der Waals surface area contributed by atoms with E-state index in [0.29, 0.717) is 18.7 Å². The highest BCUT2D eigenvalue weighted by molar-refractivity contribution is 5.93. The summed E-state index contributed by atoms with van der Waals surface area (Å²) < 4.78 is 5.33. The molecule has 0 spiro atoms. The lowest BCUT2D eigenvalue weighted by Crippen LogP contribution is -2.36. The van der Waals surface area contributed by atoms with Crippen LogP contribution in [-0.4, -0.2) is 34.4 Å². The molecule has 1 aliphatic heterocycles. The standard InChI is InChI=1S/C15H19NO5/c1-15(2,3)21-14(20)16-8-7-9-5-4-6-10(11(9)16)12(17)13(18)19/h4-6,12,17H,7-8H2,1-3H3,(H,18,19). The maximum Gasteiger partial charge on any atom is 0.414 e. The molecule has 0 aromatic heterocycles. The highest BCUT2D eigenvalue weighted by Gasteiger charge is 2.33. The fraction of sp³-hybridized carbons (Fsp3) is 0.467. The fourth-order valence-corrected chi connectivity index (χ4v) is 2.34. The Morgan fingerprint density at radius 2 is 2.00 bits per heavy atom. The Hall–Kier alpha value is -2.08. The minimum absolute atomic E-state index is 0.211. The van der Waals surface area contributed by atoms with E-state index < -0.39 is 23.8 Å². The molecule has 1 amide bonds.